The second kappa shape index (κ2) is 7.30. The quantitative estimate of drug-likeness (QED) is 0.692. The third-order valence-electron chi connectivity index (χ3n) is 5.44. The lowest BCUT2D eigenvalue weighted by Crippen LogP contribution is -2.42. The molecule has 30 heavy (non-hydrogen) atoms. The van der Waals surface area contributed by atoms with Crippen LogP contribution in [0.4, 0.5) is 4.79 Å². The third-order valence-corrected chi connectivity index (χ3v) is 5.44. The van der Waals surface area contributed by atoms with Crippen molar-refractivity contribution in [2.75, 3.05) is 13.1 Å². The SMILES string of the molecule is Cc1cnn2cc(-c3nnn(C4CCN(C(=O)OC(C)(C)C)CC4)c3C)cc(O)c12. The Hall–Kier alpha value is -3.10. The average molecular weight is 412 g/mol. The van der Waals surface area contributed by atoms with Gasteiger partial charge in [0, 0.05) is 24.8 Å². The number of piperidine rings is 1. The molecule has 0 unspecified atom stereocenters. The van der Waals surface area contributed by atoms with Crippen LogP contribution in [0.3, 0.4) is 0 Å². The summed E-state index contributed by atoms with van der Waals surface area (Å²) in [5.41, 5.74) is 3.52. The van der Waals surface area contributed by atoms with Crippen molar-refractivity contribution in [1.29, 1.82) is 0 Å². The minimum Gasteiger partial charge on any atom is -0.506 e. The second-order valence-corrected chi connectivity index (χ2v) is 8.90. The summed E-state index contributed by atoms with van der Waals surface area (Å²) in [5, 5.41) is 23.5. The first-order chi connectivity index (χ1) is 14.1. The van der Waals surface area contributed by atoms with Gasteiger partial charge < -0.3 is 14.7 Å². The Labute approximate surface area is 175 Å². The number of carbonyl (C=O) groups is 1. The van der Waals surface area contributed by atoms with Gasteiger partial charge in [-0.05, 0) is 59.1 Å². The van der Waals surface area contributed by atoms with E-state index in [0.29, 0.717) is 18.6 Å². The van der Waals surface area contributed by atoms with Crippen LogP contribution in [0.25, 0.3) is 16.8 Å². The smallest absolute Gasteiger partial charge is 0.410 e. The Morgan fingerprint density at radius 1 is 1.23 bits per heavy atom. The standard InChI is InChI=1S/C21H28N6O3/c1-13-11-22-26-12-15(10-17(28)19(13)26)18-14(2)27(24-23-18)16-6-8-25(9-7-16)20(29)30-21(3,4)5/h10-12,16,28H,6-9H2,1-5H3. The van der Waals surface area contributed by atoms with E-state index in [2.05, 4.69) is 15.4 Å². The van der Waals surface area contributed by atoms with Crippen LogP contribution < -0.4 is 0 Å². The van der Waals surface area contributed by atoms with Crippen molar-refractivity contribution in [1.82, 2.24) is 29.5 Å². The molecule has 9 nitrogen and oxygen atoms in total. The van der Waals surface area contributed by atoms with E-state index in [1.807, 2.05) is 45.5 Å². The Balaban J connectivity index is 1.51. The van der Waals surface area contributed by atoms with Gasteiger partial charge in [0.25, 0.3) is 0 Å². The van der Waals surface area contributed by atoms with Crippen molar-refractivity contribution in [3.63, 3.8) is 0 Å². The molecule has 160 valence electrons. The van der Waals surface area contributed by atoms with Crippen LogP contribution in [-0.4, -0.2) is 59.4 Å². The van der Waals surface area contributed by atoms with Gasteiger partial charge >= 0.3 is 6.09 Å². The molecule has 4 heterocycles. The normalized spacial score (nSPS) is 15.7. The van der Waals surface area contributed by atoms with Gasteiger partial charge in [0.05, 0.1) is 17.9 Å². The lowest BCUT2D eigenvalue weighted by atomic mass is 10.0. The molecule has 0 radical (unpaired) electrons. The van der Waals surface area contributed by atoms with Gasteiger partial charge in [0.15, 0.2) is 0 Å². The predicted octanol–water partition coefficient (Wildman–Crippen LogP) is 3.49. The Bertz CT molecular complexity index is 1090. The van der Waals surface area contributed by atoms with E-state index in [0.717, 1.165) is 35.4 Å². The number of fused-ring (bicyclic) bond motifs is 1. The zero-order valence-electron chi connectivity index (χ0n) is 18.1. The van der Waals surface area contributed by atoms with E-state index in [1.165, 1.54) is 0 Å². The molecule has 3 aromatic heterocycles. The van der Waals surface area contributed by atoms with E-state index in [4.69, 9.17) is 4.74 Å². The Kier molecular flexibility index (Phi) is 4.91. The maximum atomic E-state index is 12.3. The molecule has 0 saturated carbocycles. The highest BCUT2D eigenvalue weighted by Crippen LogP contribution is 2.31. The first kappa shape index (κ1) is 20.2. The summed E-state index contributed by atoms with van der Waals surface area (Å²) in [6.07, 6.45) is 4.88. The molecule has 0 aliphatic carbocycles. The van der Waals surface area contributed by atoms with Gasteiger partial charge in [-0.15, -0.1) is 5.10 Å². The van der Waals surface area contributed by atoms with Crippen LogP contribution in [-0.2, 0) is 4.74 Å². The zero-order chi connectivity index (χ0) is 21.6. The molecule has 0 bridgehead atoms. The number of aromatic nitrogens is 5. The number of pyridine rings is 1. The highest BCUT2D eigenvalue weighted by atomic mass is 16.6. The minimum absolute atomic E-state index is 0.161. The maximum Gasteiger partial charge on any atom is 0.410 e. The summed E-state index contributed by atoms with van der Waals surface area (Å²) in [4.78, 5) is 14.0. The fourth-order valence-corrected chi connectivity index (χ4v) is 3.95. The van der Waals surface area contributed by atoms with Gasteiger partial charge in [-0.2, -0.15) is 5.10 Å². The number of rotatable bonds is 2. The number of hydrogen-bond donors (Lipinski definition) is 1. The number of likely N-dealkylation sites (tertiary alicyclic amines) is 1. The lowest BCUT2D eigenvalue weighted by Gasteiger charge is -2.33. The molecule has 4 rings (SSSR count). The van der Waals surface area contributed by atoms with E-state index in [1.54, 1.807) is 21.7 Å². The number of carbonyl (C=O) groups excluding carboxylic acids is 1. The van der Waals surface area contributed by atoms with Crippen LogP contribution >= 0.6 is 0 Å². The molecule has 1 amide bonds. The molecular weight excluding hydrogens is 384 g/mol. The molecular formula is C21H28N6O3. The van der Waals surface area contributed by atoms with Gasteiger partial charge in [0.1, 0.15) is 22.6 Å². The summed E-state index contributed by atoms with van der Waals surface area (Å²) in [7, 11) is 0. The van der Waals surface area contributed by atoms with Gasteiger partial charge in [-0.1, -0.05) is 5.21 Å². The molecule has 1 fully saturated rings. The lowest BCUT2D eigenvalue weighted by molar-refractivity contribution is 0.0184. The van der Waals surface area contributed by atoms with Crippen molar-refractivity contribution in [2.24, 2.45) is 0 Å². The van der Waals surface area contributed by atoms with Gasteiger partial charge in [0.2, 0.25) is 0 Å². The molecule has 1 aliphatic rings. The third kappa shape index (κ3) is 3.71. The second-order valence-electron chi connectivity index (χ2n) is 8.90. The molecule has 1 aliphatic heterocycles. The van der Waals surface area contributed by atoms with Crippen LogP contribution in [0.15, 0.2) is 18.5 Å². The molecule has 0 spiro atoms. The fraction of sp³-hybridized carbons (Fsp3) is 0.524. The largest absolute Gasteiger partial charge is 0.506 e. The zero-order valence-corrected chi connectivity index (χ0v) is 18.1. The van der Waals surface area contributed by atoms with Crippen molar-refractivity contribution in [3.8, 4) is 17.0 Å². The highest BCUT2D eigenvalue weighted by Gasteiger charge is 2.29. The monoisotopic (exact) mass is 412 g/mol. The topological polar surface area (TPSA) is 97.8 Å². The summed E-state index contributed by atoms with van der Waals surface area (Å²) in [5.74, 6) is 0.169. The number of hydrogen-bond acceptors (Lipinski definition) is 6. The van der Waals surface area contributed by atoms with Crippen molar-refractivity contribution >= 4 is 11.6 Å². The van der Waals surface area contributed by atoms with E-state index in [-0.39, 0.29) is 17.9 Å². The molecule has 3 aromatic rings. The van der Waals surface area contributed by atoms with Crippen LogP contribution in [0.2, 0.25) is 0 Å². The first-order valence-electron chi connectivity index (χ1n) is 10.2. The molecule has 9 heteroatoms. The van der Waals surface area contributed by atoms with Crippen LogP contribution in [0.5, 0.6) is 5.75 Å². The highest BCUT2D eigenvalue weighted by molar-refractivity contribution is 5.72. The summed E-state index contributed by atoms with van der Waals surface area (Å²) in [6.45, 7) is 10.7. The minimum atomic E-state index is -0.495. The maximum absolute atomic E-state index is 12.3. The Morgan fingerprint density at radius 3 is 2.60 bits per heavy atom. The van der Waals surface area contributed by atoms with Gasteiger partial charge in [-0.25, -0.2) is 14.0 Å². The first-order valence-corrected chi connectivity index (χ1v) is 10.2. The number of amides is 1. The molecule has 0 atom stereocenters. The van der Waals surface area contributed by atoms with Gasteiger partial charge in [-0.3, -0.25) is 0 Å². The van der Waals surface area contributed by atoms with E-state index < -0.39 is 5.60 Å². The Morgan fingerprint density at radius 2 is 1.93 bits per heavy atom. The van der Waals surface area contributed by atoms with Crippen LogP contribution in [0, 0.1) is 13.8 Å². The molecule has 1 saturated heterocycles. The summed E-state index contributed by atoms with van der Waals surface area (Å²) in [6, 6.07) is 1.87. The number of nitrogens with zero attached hydrogens (tertiary/aromatic N) is 6. The fourth-order valence-electron chi connectivity index (χ4n) is 3.95. The van der Waals surface area contributed by atoms with Crippen molar-refractivity contribution in [2.45, 2.75) is 59.1 Å². The van der Waals surface area contributed by atoms with E-state index >= 15 is 0 Å². The molecule has 0 aromatic carbocycles. The van der Waals surface area contributed by atoms with Crippen LogP contribution in [0.1, 0.15) is 50.9 Å². The summed E-state index contributed by atoms with van der Waals surface area (Å²) >= 11 is 0. The predicted molar refractivity (Wildman–Crippen MR) is 111 cm³/mol. The van der Waals surface area contributed by atoms with Crippen molar-refractivity contribution < 1.29 is 14.6 Å². The number of aromatic hydroxyl groups is 1. The molecule has 1 N–H and O–H groups in total. The number of ether oxygens (including phenoxy) is 1. The van der Waals surface area contributed by atoms with E-state index in [9.17, 15) is 9.90 Å². The average Bonchev–Trinajstić information content (AvgIpc) is 3.23. The summed E-state index contributed by atoms with van der Waals surface area (Å²) < 4.78 is 9.06. The number of aryl methyl sites for hydroxylation is 1. The van der Waals surface area contributed by atoms with Crippen molar-refractivity contribution in [3.05, 3.63) is 29.7 Å².